The maximum atomic E-state index is 12.9. The van der Waals surface area contributed by atoms with Crippen molar-refractivity contribution < 1.29 is 18.0 Å². The lowest BCUT2D eigenvalue weighted by molar-refractivity contribution is -0.136. The van der Waals surface area contributed by atoms with Crippen LogP contribution in [-0.4, -0.2) is 5.78 Å². The molecule has 2 aromatic rings. The molecule has 0 saturated heterocycles. The number of allylic oxidation sites excluding steroid dienone is 1. The monoisotopic (exact) mass is 319 g/mol. The Morgan fingerprint density at radius 1 is 1.04 bits per heavy atom. The van der Waals surface area contributed by atoms with Crippen LogP contribution in [0.2, 0.25) is 0 Å². The van der Waals surface area contributed by atoms with Gasteiger partial charge in [0.05, 0.1) is 11.3 Å². The molecule has 2 rings (SSSR count). The minimum Gasteiger partial charge on any atom is -0.361 e. The summed E-state index contributed by atoms with van der Waals surface area (Å²) in [5.41, 5.74) is 1.69. The van der Waals surface area contributed by atoms with Gasteiger partial charge in [-0.15, -0.1) is 0 Å². The van der Waals surface area contributed by atoms with Crippen molar-refractivity contribution in [1.82, 2.24) is 0 Å². The molecular weight excluding hydrogens is 303 g/mol. The van der Waals surface area contributed by atoms with E-state index in [0.717, 1.165) is 17.2 Å². The number of alkyl halides is 3. The minimum atomic E-state index is -4.45. The number of ketones is 1. The van der Waals surface area contributed by atoms with E-state index in [0.29, 0.717) is 5.56 Å². The maximum absolute atomic E-state index is 12.9. The van der Waals surface area contributed by atoms with E-state index >= 15 is 0 Å². The molecule has 0 aliphatic heterocycles. The summed E-state index contributed by atoms with van der Waals surface area (Å²) in [7, 11) is 0. The van der Waals surface area contributed by atoms with Crippen molar-refractivity contribution >= 4 is 11.5 Å². The summed E-state index contributed by atoms with van der Waals surface area (Å²) in [5, 5.41) is 2.53. The first-order valence-electron chi connectivity index (χ1n) is 7.00. The second-order valence-electron chi connectivity index (χ2n) is 5.18. The van der Waals surface area contributed by atoms with Crippen LogP contribution in [0.4, 0.5) is 18.9 Å². The van der Waals surface area contributed by atoms with Crippen molar-refractivity contribution in [3.63, 3.8) is 0 Å². The molecule has 0 saturated carbocycles. The molecule has 0 aliphatic rings. The van der Waals surface area contributed by atoms with Crippen molar-refractivity contribution in [2.45, 2.75) is 20.0 Å². The summed E-state index contributed by atoms with van der Waals surface area (Å²) in [6, 6.07) is 10.4. The number of carbonyl (C=O) groups excluding carboxylic acids is 1. The molecule has 0 atom stereocenters. The number of benzene rings is 2. The Morgan fingerprint density at radius 3 is 2.39 bits per heavy atom. The largest absolute Gasteiger partial charge is 0.418 e. The zero-order valence-electron chi connectivity index (χ0n) is 12.7. The van der Waals surface area contributed by atoms with Crippen LogP contribution in [0.3, 0.4) is 0 Å². The molecule has 0 spiro atoms. The zero-order valence-corrected chi connectivity index (χ0v) is 12.7. The third-order valence-electron chi connectivity index (χ3n) is 3.50. The van der Waals surface area contributed by atoms with Crippen LogP contribution in [-0.2, 0) is 6.18 Å². The van der Waals surface area contributed by atoms with E-state index in [1.807, 2.05) is 19.9 Å². The van der Waals surface area contributed by atoms with Gasteiger partial charge in [0.25, 0.3) is 0 Å². The quantitative estimate of drug-likeness (QED) is 0.625. The van der Waals surface area contributed by atoms with Gasteiger partial charge in [-0.25, -0.2) is 0 Å². The predicted octanol–water partition coefficient (Wildman–Crippen LogP) is 5.13. The Balaban J connectivity index is 2.13. The van der Waals surface area contributed by atoms with Gasteiger partial charge in [-0.05, 0) is 43.2 Å². The van der Waals surface area contributed by atoms with Gasteiger partial charge in [0, 0.05) is 17.8 Å². The van der Waals surface area contributed by atoms with Crippen molar-refractivity contribution in [3.8, 4) is 0 Å². The van der Waals surface area contributed by atoms with Gasteiger partial charge in [-0.2, -0.15) is 13.2 Å². The van der Waals surface area contributed by atoms with Crippen LogP contribution in [0.25, 0.3) is 0 Å². The molecule has 0 amide bonds. The van der Waals surface area contributed by atoms with Gasteiger partial charge in [0.1, 0.15) is 0 Å². The van der Waals surface area contributed by atoms with E-state index in [9.17, 15) is 18.0 Å². The van der Waals surface area contributed by atoms with Gasteiger partial charge >= 0.3 is 6.18 Å². The van der Waals surface area contributed by atoms with Crippen LogP contribution in [0, 0.1) is 13.8 Å². The Bertz CT molecular complexity index is 748. The van der Waals surface area contributed by atoms with E-state index < -0.39 is 11.7 Å². The lowest BCUT2D eigenvalue weighted by atomic mass is 10.0. The average Bonchev–Trinajstić information content (AvgIpc) is 2.49. The highest BCUT2D eigenvalue weighted by atomic mass is 19.4. The summed E-state index contributed by atoms with van der Waals surface area (Å²) >= 11 is 0. The van der Waals surface area contributed by atoms with E-state index in [1.54, 1.807) is 12.1 Å². The second-order valence-corrected chi connectivity index (χ2v) is 5.18. The van der Waals surface area contributed by atoms with E-state index in [-0.39, 0.29) is 11.5 Å². The Morgan fingerprint density at radius 2 is 1.74 bits per heavy atom. The summed E-state index contributed by atoms with van der Waals surface area (Å²) < 4.78 is 38.6. The van der Waals surface area contributed by atoms with E-state index in [2.05, 4.69) is 5.32 Å². The van der Waals surface area contributed by atoms with Crippen molar-refractivity contribution in [2.24, 2.45) is 0 Å². The summed E-state index contributed by atoms with van der Waals surface area (Å²) in [6.45, 7) is 3.84. The minimum absolute atomic E-state index is 0.0934. The fourth-order valence-corrected chi connectivity index (χ4v) is 2.05. The number of carbonyl (C=O) groups is 1. The molecule has 0 aromatic heterocycles. The molecule has 2 aromatic carbocycles. The number of aryl methyl sites for hydroxylation is 2. The molecule has 0 fully saturated rings. The summed E-state index contributed by atoms with van der Waals surface area (Å²) in [5.74, 6) is -0.273. The molecule has 120 valence electrons. The molecule has 5 heteroatoms. The third-order valence-corrected chi connectivity index (χ3v) is 3.50. The smallest absolute Gasteiger partial charge is 0.361 e. The molecule has 1 N–H and O–H groups in total. The molecule has 0 bridgehead atoms. The first-order valence-corrected chi connectivity index (χ1v) is 7.00. The maximum Gasteiger partial charge on any atom is 0.418 e. The topological polar surface area (TPSA) is 29.1 Å². The van der Waals surface area contributed by atoms with Gasteiger partial charge in [0.2, 0.25) is 0 Å². The molecular formula is C18H16F3NO. The van der Waals surface area contributed by atoms with Crippen LogP contribution in [0.5, 0.6) is 0 Å². The predicted molar refractivity (Wildman–Crippen MR) is 84.5 cm³/mol. The first-order chi connectivity index (χ1) is 10.8. The van der Waals surface area contributed by atoms with E-state index in [4.69, 9.17) is 0 Å². The SMILES string of the molecule is Cc1ccc(C(=O)C=CNc2ccccc2C(F)(F)F)cc1C. The van der Waals surface area contributed by atoms with Gasteiger partial charge in [0.15, 0.2) is 5.78 Å². The average molecular weight is 319 g/mol. The molecule has 23 heavy (non-hydrogen) atoms. The summed E-state index contributed by atoms with van der Waals surface area (Å²) in [4.78, 5) is 12.0. The molecule has 0 heterocycles. The van der Waals surface area contributed by atoms with Gasteiger partial charge in [-0.3, -0.25) is 4.79 Å². The highest BCUT2D eigenvalue weighted by Gasteiger charge is 2.32. The van der Waals surface area contributed by atoms with Crippen LogP contribution >= 0.6 is 0 Å². The lowest BCUT2D eigenvalue weighted by Gasteiger charge is -2.11. The normalized spacial score (nSPS) is 11.7. The van der Waals surface area contributed by atoms with Gasteiger partial charge < -0.3 is 5.32 Å². The Hall–Kier alpha value is -2.56. The van der Waals surface area contributed by atoms with Crippen LogP contribution in [0.1, 0.15) is 27.0 Å². The van der Waals surface area contributed by atoms with Crippen LogP contribution in [0.15, 0.2) is 54.7 Å². The molecule has 2 nitrogen and oxygen atoms in total. The zero-order chi connectivity index (χ0) is 17.0. The number of anilines is 1. The fourth-order valence-electron chi connectivity index (χ4n) is 2.05. The Labute approximate surface area is 132 Å². The number of halogens is 3. The summed E-state index contributed by atoms with van der Waals surface area (Å²) in [6.07, 6.45) is -2.01. The second kappa shape index (κ2) is 6.69. The fraction of sp³-hybridized carbons (Fsp3) is 0.167. The number of para-hydroxylation sites is 1. The van der Waals surface area contributed by atoms with Crippen LogP contribution < -0.4 is 5.32 Å². The van der Waals surface area contributed by atoms with Crippen molar-refractivity contribution in [3.05, 3.63) is 77.0 Å². The van der Waals surface area contributed by atoms with E-state index in [1.165, 1.54) is 30.5 Å². The van der Waals surface area contributed by atoms with Crippen molar-refractivity contribution in [1.29, 1.82) is 0 Å². The standard InChI is InChI=1S/C18H16F3NO/c1-12-7-8-14(11-13(12)2)17(23)9-10-22-16-6-4-3-5-15(16)18(19,20)21/h3-11,22H,1-2H3. The van der Waals surface area contributed by atoms with Gasteiger partial charge in [-0.1, -0.05) is 24.3 Å². The molecule has 0 radical (unpaired) electrons. The number of rotatable bonds is 4. The molecule has 0 unspecified atom stereocenters. The lowest BCUT2D eigenvalue weighted by Crippen LogP contribution is -2.08. The first kappa shape index (κ1) is 16.8. The third kappa shape index (κ3) is 4.22. The number of hydrogen-bond acceptors (Lipinski definition) is 2. The number of nitrogens with one attached hydrogen (secondary N) is 1. The highest BCUT2D eigenvalue weighted by molar-refractivity contribution is 6.04. The molecule has 0 aliphatic carbocycles. The van der Waals surface area contributed by atoms with Crippen molar-refractivity contribution in [2.75, 3.05) is 5.32 Å². The highest BCUT2D eigenvalue weighted by Crippen LogP contribution is 2.34. The Kier molecular flexibility index (Phi) is 4.89. The number of hydrogen-bond donors (Lipinski definition) is 1.